The van der Waals surface area contributed by atoms with Gasteiger partial charge in [0.25, 0.3) is 0 Å². The lowest BCUT2D eigenvalue weighted by atomic mass is 10.1. The second-order valence-electron chi connectivity index (χ2n) is 8.12. The Hall–Kier alpha value is -3.30. The summed E-state index contributed by atoms with van der Waals surface area (Å²) in [5.41, 5.74) is 0.679. The maximum absolute atomic E-state index is 14.3. The van der Waals surface area contributed by atoms with Crippen molar-refractivity contribution in [2.24, 2.45) is 0 Å². The van der Waals surface area contributed by atoms with Gasteiger partial charge in [0.15, 0.2) is 0 Å². The van der Waals surface area contributed by atoms with Gasteiger partial charge in [-0.3, -0.25) is 0 Å². The average molecular weight is 597 g/mol. The Morgan fingerprint density at radius 1 is 1.03 bits per heavy atom. The molecule has 0 aliphatic rings. The minimum absolute atomic E-state index is 0.0938. The Bertz CT molecular complexity index is 1480. The Labute approximate surface area is 223 Å². The van der Waals surface area contributed by atoms with Crippen LogP contribution in [0.1, 0.15) is 27.2 Å². The molecule has 1 heterocycles. The molecule has 192 valence electrons. The van der Waals surface area contributed by atoms with Gasteiger partial charge in [0, 0.05) is 32.0 Å². The van der Waals surface area contributed by atoms with Crippen LogP contribution in [0.25, 0.3) is 16.9 Å². The summed E-state index contributed by atoms with van der Waals surface area (Å²) in [6.45, 7) is 1.62. The highest BCUT2D eigenvalue weighted by Gasteiger charge is 2.32. The molecule has 0 spiro atoms. The Morgan fingerprint density at radius 3 is 2.46 bits per heavy atom. The zero-order valence-corrected chi connectivity index (χ0v) is 21.8. The van der Waals surface area contributed by atoms with Gasteiger partial charge in [0.1, 0.15) is 18.2 Å². The van der Waals surface area contributed by atoms with E-state index in [0.717, 1.165) is 19.2 Å². The van der Waals surface area contributed by atoms with Crippen LogP contribution in [0, 0.1) is 12.7 Å². The smallest absolute Gasteiger partial charge is 0.416 e. The van der Waals surface area contributed by atoms with Crippen molar-refractivity contribution in [1.82, 2.24) is 4.57 Å². The lowest BCUT2D eigenvalue weighted by Crippen LogP contribution is -2.11. The van der Waals surface area contributed by atoms with Gasteiger partial charge in [-0.15, -0.1) is 0 Å². The molecule has 0 N–H and O–H groups in total. The molecular weight excluding hydrogens is 578 g/mol. The maximum Gasteiger partial charge on any atom is 0.416 e. The number of halogens is 6. The van der Waals surface area contributed by atoms with E-state index in [-0.39, 0.29) is 17.9 Å². The summed E-state index contributed by atoms with van der Waals surface area (Å²) in [6, 6.07) is 15.8. The Balaban J connectivity index is 1.83. The number of methoxy groups -OCH3 is 1. The number of aryl methyl sites for hydroxylation is 1. The molecule has 1 aromatic heterocycles. The van der Waals surface area contributed by atoms with Crippen LogP contribution in [0.2, 0.25) is 5.02 Å². The SMILES string of the molecule is COC(=O)c1cc(-n2c(C)ccc2-c2cc(Cl)ccc2OCc2ccc(Br)cc2F)cc(C(F)(F)F)c1. The highest BCUT2D eigenvalue weighted by atomic mass is 79.9. The molecule has 0 aliphatic heterocycles. The van der Waals surface area contributed by atoms with Crippen molar-refractivity contribution < 1.29 is 31.8 Å². The van der Waals surface area contributed by atoms with Gasteiger partial charge in [-0.25, -0.2) is 9.18 Å². The quantitative estimate of drug-likeness (QED) is 0.166. The monoisotopic (exact) mass is 595 g/mol. The molecule has 0 saturated heterocycles. The van der Waals surface area contributed by atoms with E-state index in [1.807, 2.05) is 0 Å². The number of aromatic nitrogens is 1. The largest absolute Gasteiger partial charge is 0.488 e. The number of hydrogen-bond donors (Lipinski definition) is 0. The van der Waals surface area contributed by atoms with Crippen LogP contribution in [-0.2, 0) is 17.5 Å². The molecule has 0 saturated carbocycles. The van der Waals surface area contributed by atoms with E-state index in [2.05, 4.69) is 20.7 Å². The molecule has 0 radical (unpaired) electrons. The summed E-state index contributed by atoms with van der Waals surface area (Å²) in [6.07, 6.45) is -4.70. The predicted molar refractivity (Wildman–Crippen MR) is 136 cm³/mol. The lowest BCUT2D eigenvalue weighted by molar-refractivity contribution is -0.137. The van der Waals surface area contributed by atoms with Crippen molar-refractivity contribution in [1.29, 1.82) is 0 Å². The van der Waals surface area contributed by atoms with Gasteiger partial charge >= 0.3 is 12.1 Å². The zero-order chi connectivity index (χ0) is 26.9. The molecular formula is C27H19BrClF4NO3. The molecule has 4 nitrogen and oxygen atoms in total. The highest BCUT2D eigenvalue weighted by Crippen LogP contribution is 2.38. The normalized spacial score (nSPS) is 11.5. The van der Waals surface area contributed by atoms with Crippen LogP contribution in [0.4, 0.5) is 17.6 Å². The van der Waals surface area contributed by atoms with Crippen LogP contribution in [-0.4, -0.2) is 17.6 Å². The van der Waals surface area contributed by atoms with Gasteiger partial charge < -0.3 is 14.0 Å². The summed E-state index contributed by atoms with van der Waals surface area (Å²) in [5, 5.41) is 0.363. The van der Waals surface area contributed by atoms with E-state index in [0.29, 0.717) is 37.8 Å². The van der Waals surface area contributed by atoms with Crippen molar-refractivity contribution in [3.8, 4) is 22.7 Å². The number of nitrogens with zero attached hydrogens (tertiary/aromatic N) is 1. The summed E-state index contributed by atoms with van der Waals surface area (Å²) in [4.78, 5) is 12.2. The predicted octanol–water partition coefficient (Wildman–Crippen LogP) is 8.39. The molecule has 0 fully saturated rings. The average Bonchev–Trinajstić information content (AvgIpc) is 3.23. The van der Waals surface area contributed by atoms with Gasteiger partial charge in [0.2, 0.25) is 0 Å². The number of benzene rings is 3. The summed E-state index contributed by atoms with van der Waals surface area (Å²) < 4.78 is 68.1. The first kappa shape index (κ1) is 26.8. The van der Waals surface area contributed by atoms with Crippen LogP contribution in [0.3, 0.4) is 0 Å². The maximum atomic E-state index is 14.3. The van der Waals surface area contributed by atoms with E-state index < -0.39 is 23.5 Å². The Kier molecular flexibility index (Phi) is 7.66. The number of carbonyl (C=O) groups is 1. The zero-order valence-electron chi connectivity index (χ0n) is 19.5. The summed E-state index contributed by atoms with van der Waals surface area (Å²) in [7, 11) is 1.10. The highest BCUT2D eigenvalue weighted by molar-refractivity contribution is 9.10. The Morgan fingerprint density at radius 2 is 1.78 bits per heavy atom. The molecule has 0 atom stereocenters. The molecule has 4 rings (SSSR count). The molecule has 0 amide bonds. The summed E-state index contributed by atoms with van der Waals surface area (Å²) in [5.74, 6) is -1.02. The molecule has 0 bridgehead atoms. The van der Waals surface area contributed by atoms with Crippen molar-refractivity contribution in [3.05, 3.63) is 104 Å². The fraction of sp³-hybridized carbons (Fsp3) is 0.148. The molecule has 10 heteroatoms. The molecule has 3 aromatic carbocycles. The van der Waals surface area contributed by atoms with Crippen LogP contribution in [0.15, 0.2) is 71.2 Å². The van der Waals surface area contributed by atoms with Crippen molar-refractivity contribution >= 4 is 33.5 Å². The molecule has 0 unspecified atom stereocenters. The number of rotatable bonds is 6. The third-order valence-electron chi connectivity index (χ3n) is 5.62. The van der Waals surface area contributed by atoms with E-state index in [4.69, 9.17) is 16.3 Å². The topological polar surface area (TPSA) is 40.5 Å². The van der Waals surface area contributed by atoms with Gasteiger partial charge in [-0.05, 0) is 67.6 Å². The third kappa shape index (κ3) is 5.83. The molecule has 0 aliphatic carbocycles. The van der Waals surface area contributed by atoms with E-state index in [1.165, 1.54) is 12.1 Å². The fourth-order valence-corrected chi connectivity index (χ4v) is 4.36. The third-order valence-corrected chi connectivity index (χ3v) is 6.34. The number of esters is 1. The number of carbonyl (C=O) groups excluding carboxylic acids is 1. The molecule has 4 aromatic rings. The first-order chi connectivity index (χ1) is 17.5. The van der Waals surface area contributed by atoms with E-state index in [9.17, 15) is 22.4 Å². The van der Waals surface area contributed by atoms with Gasteiger partial charge in [0.05, 0.1) is 23.9 Å². The van der Waals surface area contributed by atoms with Crippen molar-refractivity contribution in [2.45, 2.75) is 19.7 Å². The van der Waals surface area contributed by atoms with Crippen LogP contribution in [0.5, 0.6) is 5.75 Å². The lowest BCUT2D eigenvalue weighted by Gasteiger charge is -2.18. The summed E-state index contributed by atoms with van der Waals surface area (Å²) >= 11 is 9.48. The molecule has 37 heavy (non-hydrogen) atoms. The minimum Gasteiger partial charge on any atom is -0.488 e. The number of ether oxygens (including phenoxy) is 2. The van der Waals surface area contributed by atoms with Crippen LogP contribution < -0.4 is 4.74 Å². The number of hydrogen-bond acceptors (Lipinski definition) is 3. The van der Waals surface area contributed by atoms with E-state index in [1.54, 1.807) is 54.0 Å². The number of alkyl halides is 3. The van der Waals surface area contributed by atoms with Gasteiger partial charge in [-0.1, -0.05) is 33.6 Å². The fourth-order valence-electron chi connectivity index (χ4n) is 3.85. The first-order valence-electron chi connectivity index (χ1n) is 10.8. The second kappa shape index (κ2) is 10.6. The first-order valence-corrected chi connectivity index (χ1v) is 12.0. The standard InChI is InChI=1S/C27H19BrClF4NO3/c1-15-3-7-24(34(15)21-10-17(26(35)36-2)9-18(11-21)27(31,32)33)22-13-20(29)6-8-25(22)37-14-16-4-5-19(28)12-23(16)30/h3-13H,14H2,1-2H3. The second-order valence-corrected chi connectivity index (χ2v) is 9.47. The van der Waals surface area contributed by atoms with Crippen molar-refractivity contribution in [3.63, 3.8) is 0 Å². The van der Waals surface area contributed by atoms with E-state index >= 15 is 0 Å². The van der Waals surface area contributed by atoms with Gasteiger partial charge in [-0.2, -0.15) is 13.2 Å². The minimum atomic E-state index is -4.70. The van der Waals surface area contributed by atoms with Crippen LogP contribution >= 0.6 is 27.5 Å². The van der Waals surface area contributed by atoms with Crippen molar-refractivity contribution in [2.75, 3.05) is 7.11 Å².